The Morgan fingerprint density at radius 3 is 2.43 bits per heavy atom. The van der Waals surface area contributed by atoms with Crippen LogP contribution in [0.25, 0.3) is 0 Å². The number of amides is 1. The first kappa shape index (κ1) is 17.3. The minimum Gasteiger partial charge on any atom is -0.324 e. The second-order valence-electron chi connectivity index (χ2n) is 5.62. The van der Waals surface area contributed by atoms with Crippen molar-refractivity contribution < 1.29 is 9.59 Å². The molecule has 2 aromatic rings. The Morgan fingerprint density at radius 1 is 1.09 bits per heavy atom. The summed E-state index contributed by atoms with van der Waals surface area (Å²) in [5, 5.41) is 2.61. The van der Waals surface area contributed by atoms with Crippen LogP contribution in [0.1, 0.15) is 35.3 Å². The minimum absolute atomic E-state index is 0.0596. The van der Waals surface area contributed by atoms with Crippen LogP contribution in [0.4, 0.5) is 5.69 Å². The summed E-state index contributed by atoms with van der Waals surface area (Å²) in [7, 11) is 0. The zero-order valence-electron chi connectivity index (χ0n) is 13.8. The van der Waals surface area contributed by atoms with Crippen molar-refractivity contribution in [2.24, 2.45) is 0 Å². The molecule has 23 heavy (non-hydrogen) atoms. The molecule has 0 unspecified atom stereocenters. The molecule has 1 N–H and O–H groups in total. The standard InChI is InChI=1S/C19H21NO2S/c1-12-9-10-18(13(2)11-12)23-15(4)19(22)20-17-8-6-5-7-16(17)14(3)21/h5-11,15H,1-4H3,(H,20,22)/t15-/m0/s1. The molecule has 1 atom stereocenters. The summed E-state index contributed by atoms with van der Waals surface area (Å²) in [5.74, 6) is -0.167. The van der Waals surface area contributed by atoms with Crippen molar-refractivity contribution in [1.29, 1.82) is 0 Å². The summed E-state index contributed by atoms with van der Waals surface area (Å²) in [6, 6.07) is 13.3. The number of carbonyl (C=O) groups is 2. The van der Waals surface area contributed by atoms with Crippen molar-refractivity contribution in [2.45, 2.75) is 37.8 Å². The number of hydrogen-bond acceptors (Lipinski definition) is 3. The highest BCUT2D eigenvalue weighted by molar-refractivity contribution is 8.00. The third-order valence-electron chi connectivity index (χ3n) is 3.57. The number of rotatable bonds is 5. The molecule has 2 aromatic carbocycles. The van der Waals surface area contributed by atoms with E-state index in [1.807, 2.05) is 32.0 Å². The number of hydrogen-bond donors (Lipinski definition) is 1. The van der Waals surface area contributed by atoms with Gasteiger partial charge in [-0.3, -0.25) is 9.59 Å². The molecule has 0 aromatic heterocycles. The van der Waals surface area contributed by atoms with Gasteiger partial charge in [0.15, 0.2) is 5.78 Å². The molecule has 3 nitrogen and oxygen atoms in total. The Morgan fingerprint density at radius 2 is 1.78 bits per heavy atom. The molecule has 4 heteroatoms. The SMILES string of the molecule is CC(=O)c1ccccc1NC(=O)[C@H](C)Sc1ccc(C)cc1C. The monoisotopic (exact) mass is 327 g/mol. The van der Waals surface area contributed by atoms with Crippen LogP contribution in [0, 0.1) is 13.8 Å². The van der Waals surface area contributed by atoms with Gasteiger partial charge >= 0.3 is 0 Å². The maximum atomic E-state index is 12.4. The smallest absolute Gasteiger partial charge is 0.237 e. The molecule has 2 rings (SSSR count). The lowest BCUT2D eigenvalue weighted by Crippen LogP contribution is -2.23. The molecule has 0 bridgehead atoms. The Balaban J connectivity index is 2.10. The number of anilines is 1. The van der Waals surface area contributed by atoms with E-state index in [1.165, 1.54) is 29.8 Å². The van der Waals surface area contributed by atoms with Gasteiger partial charge in [0.25, 0.3) is 0 Å². The zero-order valence-corrected chi connectivity index (χ0v) is 14.7. The highest BCUT2D eigenvalue weighted by Crippen LogP contribution is 2.28. The van der Waals surface area contributed by atoms with Crippen LogP contribution in [0.3, 0.4) is 0 Å². The third kappa shape index (κ3) is 4.45. The number of aryl methyl sites for hydroxylation is 2. The van der Waals surface area contributed by atoms with Crippen molar-refractivity contribution in [1.82, 2.24) is 0 Å². The van der Waals surface area contributed by atoms with Gasteiger partial charge in [0.05, 0.1) is 10.9 Å². The molecule has 0 aliphatic rings. The van der Waals surface area contributed by atoms with Crippen molar-refractivity contribution in [3.63, 3.8) is 0 Å². The summed E-state index contributed by atoms with van der Waals surface area (Å²) < 4.78 is 0. The fourth-order valence-corrected chi connectivity index (χ4v) is 3.25. The summed E-state index contributed by atoms with van der Waals surface area (Å²) in [6.45, 7) is 7.47. The average Bonchev–Trinajstić information content (AvgIpc) is 2.50. The molecule has 0 aliphatic heterocycles. The van der Waals surface area contributed by atoms with E-state index in [0.717, 1.165) is 4.90 Å². The maximum Gasteiger partial charge on any atom is 0.237 e. The molecule has 0 spiro atoms. The maximum absolute atomic E-state index is 12.4. The molecule has 0 heterocycles. The second-order valence-corrected chi connectivity index (χ2v) is 7.00. The lowest BCUT2D eigenvalue weighted by atomic mass is 10.1. The van der Waals surface area contributed by atoms with E-state index >= 15 is 0 Å². The summed E-state index contributed by atoms with van der Waals surface area (Å²) in [4.78, 5) is 25.2. The van der Waals surface area contributed by atoms with Gasteiger partial charge in [-0.1, -0.05) is 29.8 Å². The summed E-state index contributed by atoms with van der Waals surface area (Å²) in [6.07, 6.45) is 0. The highest BCUT2D eigenvalue weighted by atomic mass is 32.2. The summed E-state index contributed by atoms with van der Waals surface area (Å²) in [5.41, 5.74) is 3.47. The first-order valence-corrected chi connectivity index (χ1v) is 8.41. The Labute approximate surface area is 141 Å². The molecule has 120 valence electrons. The molecule has 0 radical (unpaired) electrons. The number of carbonyl (C=O) groups excluding carboxylic acids is 2. The molecular weight excluding hydrogens is 306 g/mol. The first-order chi connectivity index (χ1) is 10.9. The van der Waals surface area contributed by atoms with Crippen LogP contribution in [-0.4, -0.2) is 16.9 Å². The normalized spacial score (nSPS) is 11.8. The number of Topliss-reactive ketones (excluding diaryl/α,β-unsaturated/α-hetero) is 1. The van der Waals surface area contributed by atoms with E-state index in [1.54, 1.807) is 18.2 Å². The van der Waals surface area contributed by atoms with Gasteiger partial charge < -0.3 is 5.32 Å². The van der Waals surface area contributed by atoms with E-state index in [-0.39, 0.29) is 16.9 Å². The van der Waals surface area contributed by atoms with Crippen LogP contribution in [0.15, 0.2) is 47.4 Å². The minimum atomic E-state index is -0.253. The molecular formula is C19H21NO2S. The average molecular weight is 327 g/mol. The molecule has 0 saturated carbocycles. The van der Waals surface area contributed by atoms with E-state index < -0.39 is 0 Å². The van der Waals surface area contributed by atoms with Crippen LogP contribution < -0.4 is 5.32 Å². The Bertz CT molecular complexity index is 740. The fraction of sp³-hybridized carbons (Fsp3) is 0.263. The lowest BCUT2D eigenvalue weighted by Gasteiger charge is -2.15. The molecule has 0 fully saturated rings. The number of para-hydroxylation sites is 1. The molecule has 1 amide bonds. The van der Waals surface area contributed by atoms with E-state index in [4.69, 9.17) is 0 Å². The predicted molar refractivity (Wildman–Crippen MR) is 96.3 cm³/mol. The van der Waals surface area contributed by atoms with Crippen LogP contribution in [0.2, 0.25) is 0 Å². The van der Waals surface area contributed by atoms with Gasteiger partial charge in [-0.2, -0.15) is 0 Å². The van der Waals surface area contributed by atoms with Crippen LogP contribution in [-0.2, 0) is 4.79 Å². The van der Waals surface area contributed by atoms with Crippen molar-refractivity contribution in [3.8, 4) is 0 Å². The topological polar surface area (TPSA) is 46.2 Å². The van der Waals surface area contributed by atoms with Gasteiger partial charge in [-0.25, -0.2) is 0 Å². The second kappa shape index (κ2) is 7.47. The van der Waals surface area contributed by atoms with E-state index in [2.05, 4.69) is 18.3 Å². The van der Waals surface area contributed by atoms with E-state index in [9.17, 15) is 9.59 Å². The van der Waals surface area contributed by atoms with Gasteiger partial charge in [0, 0.05) is 10.5 Å². The molecule has 0 saturated heterocycles. The summed E-state index contributed by atoms with van der Waals surface area (Å²) >= 11 is 1.52. The Kier molecular flexibility index (Phi) is 5.61. The Hall–Kier alpha value is -2.07. The van der Waals surface area contributed by atoms with Crippen molar-refractivity contribution in [3.05, 3.63) is 59.2 Å². The van der Waals surface area contributed by atoms with Gasteiger partial charge in [0.1, 0.15) is 0 Å². The number of nitrogens with one attached hydrogen (secondary N) is 1. The van der Waals surface area contributed by atoms with Crippen molar-refractivity contribution in [2.75, 3.05) is 5.32 Å². The third-order valence-corrected chi connectivity index (χ3v) is 4.85. The van der Waals surface area contributed by atoms with Gasteiger partial charge in [0.2, 0.25) is 5.91 Å². The van der Waals surface area contributed by atoms with Gasteiger partial charge in [-0.15, -0.1) is 11.8 Å². The van der Waals surface area contributed by atoms with E-state index in [0.29, 0.717) is 11.3 Å². The fourth-order valence-electron chi connectivity index (χ4n) is 2.31. The van der Waals surface area contributed by atoms with Crippen molar-refractivity contribution >= 4 is 29.1 Å². The molecule has 0 aliphatic carbocycles. The zero-order chi connectivity index (χ0) is 17.0. The predicted octanol–water partition coefficient (Wildman–Crippen LogP) is 4.63. The number of benzene rings is 2. The van der Waals surface area contributed by atoms with Gasteiger partial charge in [-0.05, 0) is 51.5 Å². The lowest BCUT2D eigenvalue weighted by molar-refractivity contribution is -0.115. The number of ketones is 1. The first-order valence-electron chi connectivity index (χ1n) is 7.53. The van der Waals surface area contributed by atoms with Crippen LogP contribution in [0.5, 0.6) is 0 Å². The highest BCUT2D eigenvalue weighted by Gasteiger charge is 2.17. The largest absolute Gasteiger partial charge is 0.324 e. The van der Waals surface area contributed by atoms with Crippen LogP contribution >= 0.6 is 11.8 Å². The quantitative estimate of drug-likeness (QED) is 0.643. The number of thioether (sulfide) groups is 1.